The Kier molecular flexibility index (Phi) is 7.28. The van der Waals surface area contributed by atoms with Gasteiger partial charge in [-0.3, -0.25) is 4.79 Å². The zero-order chi connectivity index (χ0) is 12.4. The van der Waals surface area contributed by atoms with E-state index in [4.69, 9.17) is 5.73 Å². The second-order valence-corrected chi connectivity index (χ2v) is 4.63. The summed E-state index contributed by atoms with van der Waals surface area (Å²) in [6, 6.07) is 1.36. The van der Waals surface area contributed by atoms with Gasteiger partial charge in [0.15, 0.2) is 5.65 Å². The molecule has 0 fully saturated rings. The molecule has 0 radical (unpaired) electrons. The number of amides is 1. The van der Waals surface area contributed by atoms with Crippen LogP contribution in [0.4, 0.5) is 0 Å². The number of halogens is 3. The molecule has 0 aliphatic carbocycles. The zero-order valence-corrected chi connectivity index (χ0v) is 13.2. The molecule has 0 unspecified atom stereocenters. The lowest BCUT2D eigenvalue weighted by Crippen LogP contribution is -2.38. The number of H-pyrrole nitrogens is 1. The number of nitrogens with one attached hydrogen (secondary N) is 2. The third-order valence-corrected chi connectivity index (χ3v) is 2.63. The summed E-state index contributed by atoms with van der Waals surface area (Å²) >= 11 is 3.33. The van der Waals surface area contributed by atoms with Crippen LogP contribution >= 0.6 is 40.7 Å². The van der Waals surface area contributed by atoms with E-state index in [0.29, 0.717) is 18.0 Å². The highest BCUT2D eigenvalue weighted by molar-refractivity contribution is 9.10. The van der Waals surface area contributed by atoms with E-state index < -0.39 is 6.04 Å². The fourth-order valence-corrected chi connectivity index (χ4v) is 1.67. The Morgan fingerprint density at radius 1 is 1.58 bits per heavy atom. The Labute approximate surface area is 130 Å². The number of nitrogens with zero attached hydrogens (tertiary/aromatic N) is 2. The molecule has 19 heavy (non-hydrogen) atoms. The lowest BCUT2D eigenvalue weighted by molar-refractivity contribution is -0.122. The van der Waals surface area contributed by atoms with E-state index >= 15 is 0 Å². The molecular formula is C10H14BrCl2N5O. The number of fused-ring (bicyclic) bond motifs is 1. The number of hydrogen-bond acceptors (Lipinski definition) is 4. The normalized spacial score (nSPS) is 11.3. The minimum atomic E-state index is -0.522. The second-order valence-electron chi connectivity index (χ2n) is 3.71. The van der Waals surface area contributed by atoms with Crippen LogP contribution in [-0.4, -0.2) is 26.9 Å². The summed E-state index contributed by atoms with van der Waals surface area (Å²) in [5, 5.41) is 2.68. The number of carbonyl (C=O) groups excluding carboxylic acids is 1. The van der Waals surface area contributed by atoms with E-state index in [-0.39, 0.29) is 30.7 Å². The van der Waals surface area contributed by atoms with Gasteiger partial charge in [0, 0.05) is 10.7 Å². The van der Waals surface area contributed by atoms with Gasteiger partial charge in [0.05, 0.1) is 18.1 Å². The molecule has 1 amide bonds. The molecule has 0 spiro atoms. The molecule has 6 nitrogen and oxygen atoms in total. The van der Waals surface area contributed by atoms with Crippen LogP contribution in [0.2, 0.25) is 0 Å². The second kappa shape index (κ2) is 7.64. The van der Waals surface area contributed by atoms with E-state index in [2.05, 4.69) is 36.2 Å². The molecule has 0 bridgehead atoms. The molecule has 2 heterocycles. The van der Waals surface area contributed by atoms with Gasteiger partial charge in [-0.05, 0) is 28.9 Å². The molecule has 0 aliphatic rings. The van der Waals surface area contributed by atoms with E-state index in [1.54, 1.807) is 13.1 Å². The van der Waals surface area contributed by atoms with Crippen molar-refractivity contribution >= 4 is 57.8 Å². The first-order valence-corrected chi connectivity index (χ1v) is 5.89. The van der Waals surface area contributed by atoms with Crippen molar-refractivity contribution < 1.29 is 4.79 Å². The molecule has 0 aliphatic heterocycles. The van der Waals surface area contributed by atoms with Crippen molar-refractivity contribution in [2.24, 2.45) is 5.73 Å². The first kappa shape index (κ1) is 18.1. The van der Waals surface area contributed by atoms with Crippen LogP contribution < -0.4 is 11.1 Å². The van der Waals surface area contributed by atoms with Gasteiger partial charge in [0.25, 0.3) is 0 Å². The van der Waals surface area contributed by atoms with Crippen LogP contribution in [0.25, 0.3) is 11.2 Å². The fraction of sp³-hybridized carbons (Fsp3) is 0.300. The molecule has 106 valence electrons. The summed E-state index contributed by atoms with van der Waals surface area (Å²) in [7, 11) is 0. The molecule has 2 rings (SSSR count). The van der Waals surface area contributed by atoms with E-state index in [0.717, 1.165) is 9.99 Å². The van der Waals surface area contributed by atoms with Crippen molar-refractivity contribution in [1.82, 2.24) is 20.3 Å². The Hall–Kier alpha value is -0.890. The SMILES string of the molecule is C[C@@H](N)C(=O)NCc1nc2ncc(Br)cc2[nH]1.Cl.Cl. The molecule has 2 aromatic heterocycles. The van der Waals surface area contributed by atoms with Gasteiger partial charge in [-0.15, -0.1) is 24.8 Å². The number of imidazole rings is 1. The molecule has 9 heteroatoms. The van der Waals surface area contributed by atoms with E-state index in [1.807, 2.05) is 6.07 Å². The van der Waals surface area contributed by atoms with Crippen LogP contribution in [-0.2, 0) is 11.3 Å². The van der Waals surface area contributed by atoms with Gasteiger partial charge in [-0.25, -0.2) is 9.97 Å². The van der Waals surface area contributed by atoms with Gasteiger partial charge < -0.3 is 16.0 Å². The minimum Gasteiger partial charge on any atom is -0.348 e. The van der Waals surface area contributed by atoms with Crippen molar-refractivity contribution in [2.75, 3.05) is 0 Å². The maximum Gasteiger partial charge on any atom is 0.237 e. The lowest BCUT2D eigenvalue weighted by Gasteiger charge is -2.04. The van der Waals surface area contributed by atoms with E-state index in [1.165, 1.54) is 0 Å². The van der Waals surface area contributed by atoms with Gasteiger partial charge >= 0.3 is 0 Å². The van der Waals surface area contributed by atoms with Gasteiger partial charge in [0.1, 0.15) is 5.82 Å². The first-order chi connectivity index (χ1) is 8.06. The predicted molar refractivity (Wildman–Crippen MR) is 81.6 cm³/mol. The largest absolute Gasteiger partial charge is 0.348 e. The molecule has 2 aromatic rings. The monoisotopic (exact) mass is 369 g/mol. The van der Waals surface area contributed by atoms with Gasteiger partial charge in [0.2, 0.25) is 5.91 Å². The van der Waals surface area contributed by atoms with Gasteiger partial charge in [-0.2, -0.15) is 0 Å². The quantitative estimate of drug-likeness (QED) is 0.763. The number of carbonyl (C=O) groups is 1. The smallest absolute Gasteiger partial charge is 0.237 e. The highest BCUT2D eigenvalue weighted by atomic mass is 79.9. The van der Waals surface area contributed by atoms with E-state index in [9.17, 15) is 4.79 Å². The Morgan fingerprint density at radius 3 is 2.89 bits per heavy atom. The molecule has 1 atom stereocenters. The third-order valence-electron chi connectivity index (χ3n) is 2.20. The first-order valence-electron chi connectivity index (χ1n) is 5.09. The summed E-state index contributed by atoms with van der Waals surface area (Å²) in [5.74, 6) is 0.444. The lowest BCUT2D eigenvalue weighted by atomic mass is 10.3. The maximum absolute atomic E-state index is 11.3. The number of aromatic nitrogens is 3. The van der Waals surface area contributed by atoms with Crippen LogP contribution in [0, 0.1) is 0 Å². The fourth-order valence-electron chi connectivity index (χ4n) is 1.34. The summed E-state index contributed by atoms with van der Waals surface area (Å²) < 4.78 is 0.875. The summed E-state index contributed by atoms with van der Waals surface area (Å²) in [6.45, 7) is 1.95. The molecule has 0 saturated heterocycles. The molecule has 0 aromatic carbocycles. The highest BCUT2D eigenvalue weighted by Gasteiger charge is 2.09. The third kappa shape index (κ3) is 4.61. The van der Waals surface area contributed by atoms with Crippen molar-refractivity contribution in [1.29, 1.82) is 0 Å². The van der Waals surface area contributed by atoms with Crippen LogP contribution in [0.5, 0.6) is 0 Å². The zero-order valence-electron chi connectivity index (χ0n) is 10.0. The number of hydrogen-bond donors (Lipinski definition) is 3. The van der Waals surface area contributed by atoms with Crippen LogP contribution in [0.15, 0.2) is 16.7 Å². The average Bonchev–Trinajstić information content (AvgIpc) is 2.67. The predicted octanol–water partition coefficient (Wildman–Crippen LogP) is 1.53. The summed E-state index contributed by atoms with van der Waals surface area (Å²) in [6.07, 6.45) is 1.67. The van der Waals surface area contributed by atoms with Crippen molar-refractivity contribution in [2.45, 2.75) is 19.5 Å². The maximum atomic E-state index is 11.3. The molecule has 0 saturated carbocycles. The number of pyridine rings is 1. The Morgan fingerprint density at radius 2 is 2.26 bits per heavy atom. The van der Waals surface area contributed by atoms with Crippen molar-refractivity contribution in [3.8, 4) is 0 Å². The summed E-state index contributed by atoms with van der Waals surface area (Å²) in [5.41, 5.74) is 6.88. The number of rotatable bonds is 3. The Balaban J connectivity index is 0.00000162. The van der Waals surface area contributed by atoms with Gasteiger partial charge in [-0.1, -0.05) is 0 Å². The molecule has 4 N–H and O–H groups in total. The van der Waals surface area contributed by atoms with Crippen LogP contribution in [0.3, 0.4) is 0 Å². The summed E-state index contributed by atoms with van der Waals surface area (Å²) in [4.78, 5) is 22.7. The number of nitrogens with two attached hydrogens (primary N) is 1. The topological polar surface area (TPSA) is 96.7 Å². The van der Waals surface area contributed by atoms with Crippen molar-refractivity contribution in [3.63, 3.8) is 0 Å². The number of aromatic amines is 1. The molecular weight excluding hydrogens is 357 g/mol. The average molecular weight is 371 g/mol. The highest BCUT2D eigenvalue weighted by Crippen LogP contribution is 2.14. The minimum absolute atomic E-state index is 0. The van der Waals surface area contributed by atoms with Crippen molar-refractivity contribution in [3.05, 3.63) is 22.6 Å². The standard InChI is InChI=1S/C10H12BrN5O.2ClH/c1-5(12)10(17)14-4-8-15-7-2-6(11)3-13-9(7)16-8;;/h2-3,5H,4,12H2,1H3,(H,14,17)(H,13,15,16);2*1H/t5-;;/m1../s1. The van der Waals surface area contributed by atoms with Crippen LogP contribution in [0.1, 0.15) is 12.7 Å². The Bertz CT molecular complexity index is 560.